The van der Waals surface area contributed by atoms with Gasteiger partial charge in [0.05, 0.1) is 10.6 Å². The van der Waals surface area contributed by atoms with Crippen molar-refractivity contribution in [1.29, 1.82) is 5.26 Å². The number of amides is 1. The van der Waals surface area contributed by atoms with Crippen molar-refractivity contribution in [3.63, 3.8) is 0 Å². The molecule has 1 amide bonds. The van der Waals surface area contributed by atoms with Gasteiger partial charge in [-0.3, -0.25) is 4.79 Å². The Balaban J connectivity index is 1.07. The van der Waals surface area contributed by atoms with E-state index >= 15 is 0 Å². The molecular formula is C27H34ClN7O2. The quantitative estimate of drug-likeness (QED) is 0.617. The largest absolute Gasteiger partial charge is 0.490 e. The zero-order valence-corrected chi connectivity index (χ0v) is 21.9. The maximum atomic E-state index is 13.0. The van der Waals surface area contributed by atoms with Crippen LogP contribution in [-0.2, 0) is 0 Å². The zero-order valence-electron chi connectivity index (χ0n) is 21.1. The Bertz CT molecular complexity index is 1100. The molecule has 1 aromatic heterocycles. The van der Waals surface area contributed by atoms with Crippen molar-refractivity contribution in [2.24, 2.45) is 5.92 Å². The van der Waals surface area contributed by atoms with Crippen LogP contribution in [0.5, 0.6) is 5.75 Å². The molecule has 10 heteroatoms. The Kier molecular flexibility index (Phi) is 8.39. The van der Waals surface area contributed by atoms with Gasteiger partial charge in [0.2, 0.25) is 0 Å². The van der Waals surface area contributed by atoms with Gasteiger partial charge in [0.15, 0.2) is 11.5 Å². The third kappa shape index (κ3) is 6.50. The van der Waals surface area contributed by atoms with Gasteiger partial charge in [0.1, 0.15) is 17.9 Å². The summed E-state index contributed by atoms with van der Waals surface area (Å²) in [5, 5.41) is 21.5. The number of nitriles is 1. The Morgan fingerprint density at radius 3 is 2.43 bits per heavy atom. The Morgan fingerprint density at radius 2 is 1.78 bits per heavy atom. The zero-order chi connectivity index (χ0) is 25.6. The lowest BCUT2D eigenvalue weighted by atomic mass is 9.96. The molecule has 196 valence electrons. The lowest BCUT2D eigenvalue weighted by Gasteiger charge is -2.36. The summed E-state index contributed by atoms with van der Waals surface area (Å²) in [6.45, 7) is 8.84. The standard InChI is InChI=1S/C27H34ClN7O2/c28-24-17-23(2-1-21(24)18-29)37-22-7-13-35(14-8-22)27(36)25-3-4-26(32-31-25)34-11-5-20(6-12-34)19-33-15-9-30-10-16-33/h1-4,17,20,22,30H,5-16,19H2. The van der Waals surface area contributed by atoms with E-state index in [4.69, 9.17) is 21.6 Å². The minimum absolute atomic E-state index is 0.00369. The third-order valence-corrected chi connectivity index (χ3v) is 7.94. The van der Waals surface area contributed by atoms with E-state index in [9.17, 15) is 4.79 Å². The molecule has 1 N–H and O–H groups in total. The molecular weight excluding hydrogens is 490 g/mol. The predicted octanol–water partition coefficient (Wildman–Crippen LogP) is 2.81. The number of aromatic nitrogens is 2. The SMILES string of the molecule is N#Cc1ccc(OC2CCN(C(=O)c3ccc(N4CCC(CN5CCNCC5)CC4)nn3)CC2)cc1Cl. The van der Waals surface area contributed by atoms with Crippen LogP contribution in [0.25, 0.3) is 0 Å². The second-order valence-electron chi connectivity index (χ2n) is 10.1. The number of anilines is 1. The van der Waals surface area contributed by atoms with Gasteiger partial charge >= 0.3 is 0 Å². The molecule has 2 aromatic rings. The molecule has 0 unspecified atom stereocenters. The number of carbonyl (C=O) groups is 1. The number of piperazine rings is 1. The number of ether oxygens (including phenoxy) is 1. The van der Waals surface area contributed by atoms with Crippen molar-refractivity contribution in [2.75, 3.05) is 63.8 Å². The molecule has 0 saturated carbocycles. The molecule has 5 rings (SSSR count). The van der Waals surface area contributed by atoms with Gasteiger partial charge in [-0.05, 0) is 43.0 Å². The van der Waals surface area contributed by atoms with E-state index < -0.39 is 0 Å². The van der Waals surface area contributed by atoms with E-state index in [2.05, 4.69) is 25.3 Å². The lowest BCUT2D eigenvalue weighted by molar-refractivity contribution is 0.0589. The van der Waals surface area contributed by atoms with Gasteiger partial charge in [0.25, 0.3) is 5.91 Å². The highest BCUT2D eigenvalue weighted by Gasteiger charge is 2.27. The number of nitrogens with zero attached hydrogens (tertiary/aromatic N) is 6. The maximum Gasteiger partial charge on any atom is 0.274 e. The summed E-state index contributed by atoms with van der Waals surface area (Å²) < 4.78 is 6.03. The predicted molar refractivity (Wildman–Crippen MR) is 142 cm³/mol. The molecule has 4 heterocycles. The molecule has 0 bridgehead atoms. The summed E-state index contributed by atoms with van der Waals surface area (Å²) in [6, 6.07) is 10.9. The van der Waals surface area contributed by atoms with E-state index in [0.717, 1.165) is 76.7 Å². The number of carbonyl (C=O) groups excluding carboxylic acids is 1. The summed E-state index contributed by atoms with van der Waals surface area (Å²) in [5.74, 6) is 2.14. The minimum atomic E-state index is -0.0892. The number of piperidine rings is 2. The van der Waals surface area contributed by atoms with Gasteiger partial charge in [-0.2, -0.15) is 5.26 Å². The highest BCUT2D eigenvalue weighted by atomic mass is 35.5. The Labute approximate surface area is 223 Å². The van der Waals surface area contributed by atoms with E-state index in [1.807, 2.05) is 17.0 Å². The van der Waals surface area contributed by atoms with Crippen molar-refractivity contribution < 1.29 is 9.53 Å². The monoisotopic (exact) mass is 523 g/mol. The molecule has 0 radical (unpaired) electrons. The first-order chi connectivity index (χ1) is 18.1. The highest BCUT2D eigenvalue weighted by molar-refractivity contribution is 6.31. The average molecular weight is 524 g/mol. The third-order valence-electron chi connectivity index (χ3n) is 7.63. The van der Waals surface area contributed by atoms with Crippen LogP contribution in [-0.4, -0.2) is 90.9 Å². The maximum absolute atomic E-state index is 13.0. The van der Waals surface area contributed by atoms with Crippen molar-refractivity contribution in [3.05, 3.63) is 46.6 Å². The number of nitrogens with one attached hydrogen (secondary N) is 1. The molecule has 3 saturated heterocycles. The number of halogens is 1. The first-order valence-electron chi connectivity index (χ1n) is 13.3. The summed E-state index contributed by atoms with van der Waals surface area (Å²) in [6.07, 6.45) is 3.77. The summed E-state index contributed by atoms with van der Waals surface area (Å²) in [4.78, 5) is 19.7. The van der Waals surface area contributed by atoms with Crippen molar-refractivity contribution in [2.45, 2.75) is 31.8 Å². The van der Waals surface area contributed by atoms with Crippen LogP contribution in [0.2, 0.25) is 5.02 Å². The van der Waals surface area contributed by atoms with E-state index in [1.165, 1.54) is 6.54 Å². The number of rotatable bonds is 6. The smallest absolute Gasteiger partial charge is 0.274 e. The molecule has 3 aliphatic heterocycles. The lowest BCUT2D eigenvalue weighted by Crippen LogP contribution is -2.47. The fourth-order valence-corrected chi connectivity index (χ4v) is 5.62. The Morgan fingerprint density at radius 1 is 1.03 bits per heavy atom. The second-order valence-corrected chi connectivity index (χ2v) is 10.5. The minimum Gasteiger partial charge on any atom is -0.490 e. The van der Waals surface area contributed by atoms with Crippen LogP contribution in [0.15, 0.2) is 30.3 Å². The van der Waals surface area contributed by atoms with Crippen LogP contribution in [0.4, 0.5) is 5.82 Å². The number of likely N-dealkylation sites (tertiary alicyclic amines) is 1. The van der Waals surface area contributed by atoms with Crippen LogP contribution in [0, 0.1) is 17.2 Å². The van der Waals surface area contributed by atoms with Gasteiger partial charge in [0, 0.05) is 77.8 Å². The van der Waals surface area contributed by atoms with Crippen LogP contribution in [0.1, 0.15) is 41.7 Å². The van der Waals surface area contributed by atoms with Crippen LogP contribution in [0.3, 0.4) is 0 Å². The van der Waals surface area contributed by atoms with Crippen molar-refractivity contribution >= 4 is 23.3 Å². The summed E-state index contributed by atoms with van der Waals surface area (Å²) >= 11 is 6.11. The van der Waals surface area contributed by atoms with E-state index in [0.29, 0.717) is 35.1 Å². The van der Waals surface area contributed by atoms with Crippen molar-refractivity contribution in [3.8, 4) is 11.8 Å². The molecule has 37 heavy (non-hydrogen) atoms. The fraction of sp³-hybridized carbons (Fsp3) is 0.556. The molecule has 3 fully saturated rings. The van der Waals surface area contributed by atoms with Gasteiger partial charge in [-0.1, -0.05) is 11.6 Å². The normalized spacial score (nSPS) is 20.0. The summed E-state index contributed by atoms with van der Waals surface area (Å²) in [7, 11) is 0. The molecule has 0 atom stereocenters. The average Bonchev–Trinajstić information content (AvgIpc) is 2.94. The number of hydrogen-bond donors (Lipinski definition) is 1. The molecule has 0 spiro atoms. The van der Waals surface area contributed by atoms with Crippen LogP contribution < -0.4 is 15.0 Å². The first-order valence-corrected chi connectivity index (χ1v) is 13.6. The Hall–Kier alpha value is -2.93. The molecule has 9 nitrogen and oxygen atoms in total. The van der Waals surface area contributed by atoms with Crippen LogP contribution >= 0.6 is 11.6 Å². The van der Waals surface area contributed by atoms with E-state index in [1.54, 1.807) is 24.3 Å². The number of benzene rings is 1. The topological polar surface area (TPSA) is 97.6 Å². The van der Waals surface area contributed by atoms with Crippen molar-refractivity contribution in [1.82, 2.24) is 25.3 Å². The first kappa shape index (κ1) is 25.7. The van der Waals surface area contributed by atoms with Gasteiger partial charge in [-0.25, -0.2) is 0 Å². The number of hydrogen-bond acceptors (Lipinski definition) is 8. The molecule has 1 aromatic carbocycles. The van der Waals surface area contributed by atoms with E-state index in [-0.39, 0.29) is 12.0 Å². The molecule has 0 aliphatic carbocycles. The second kappa shape index (κ2) is 12.1. The fourth-order valence-electron chi connectivity index (χ4n) is 5.40. The highest BCUT2D eigenvalue weighted by Crippen LogP contribution is 2.26. The van der Waals surface area contributed by atoms with Gasteiger partial charge in [-0.15, -0.1) is 10.2 Å². The summed E-state index contributed by atoms with van der Waals surface area (Å²) in [5.41, 5.74) is 0.812. The van der Waals surface area contributed by atoms with Gasteiger partial charge < -0.3 is 24.8 Å². The molecule has 3 aliphatic rings.